The first-order chi connectivity index (χ1) is 27.0. The maximum Gasteiger partial charge on any atom is 0.306 e. The van der Waals surface area contributed by atoms with Gasteiger partial charge in [-0.25, -0.2) is 0 Å². The normalized spacial score (nSPS) is 13.3. The summed E-state index contributed by atoms with van der Waals surface area (Å²) in [7, 11) is 0. The van der Waals surface area contributed by atoms with Gasteiger partial charge in [0, 0.05) is 6.42 Å². The molecule has 0 aliphatic rings. The minimum Gasteiger partial charge on any atom is -0.462 e. The number of carbonyl (C=O) groups excluding carboxylic acids is 2. The molecule has 3 unspecified atom stereocenters. The Kier molecular flexibility index (Phi) is 42.6. The van der Waals surface area contributed by atoms with E-state index in [1.54, 1.807) is 0 Å². The van der Waals surface area contributed by atoms with Gasteiger partial charge in [0.25, 0.3) is 0 Å². The van der Waals surface area contributed by atoms with Crippen LogP contribution in [0.5, 0.6) is 0 Å². The van der Waals surface area contributed by atoms with Crippen LogP contribution in [-0.2, 0) is 14.3 Å². The van der Waals surface area contributed by atoms with Crippen LogP contribution in [0.15, 0.2) is 12.2 Å². The van der Waals surface area contributed by atoms with Crippen molar-refractivity contribution in [1.82, 2.24) is 5.32 Å². The summed E-state index contributed by atoms with van der Waals surface area (Å²) in [6, 6.07) is -0.698. The Morgan fingerprint density at radius 2 is 0.873 bits per heavy atom. The molecule has 0 saturated heterocycles. The van der Waals surface area contributed by atoms with Crippen LogP contribution in [0, 0.1) is 0 Å². The summed E-state index contributed by atoms with van der Waals surface area (Å²) in [5.74, 6) is -0.480. The van der Waals surface area contributed by atoms with Crippen LogP contribution < -0.4 is 5.32 Å². The summed E-state index contributed by atoms with van der Waals surface area (Å²) in [6.45, 7) is 6.45. The zero-order valence-corrected chi connectivity index (χ0v) is 37.1. The summed E-state index contributed by atoms with van der Waals surface area (Å²) < 4.78 is 5.89. The van der Waals surface area contributed by atoms with E-state index in [1.165, 1.54) is 154 Å². The van der Waals surface area contributed by atoms with Gasteiger partial charge in [-0.05, 0) is 51.4 Å². The van der Waals surface area contributed by atoms with Gasteiger partial charge in [-0.2, -0.15) is 0 Å². The molecule has 0 aromatic rings. The van der Waals surface area contributed by atoms with Crippen molar-refractivity contribution in [3.8, 4) is 0 Å². The number of carbonyl (C=O) groups is 2. The van der Waals surface area contributed by atoms with E-state index in [2.05, 4.69) is 38.2 Å². The first-order valence-electron chi connectivity index (χ1n) is 24.4. The molecule has 0 aliphatic heterocycles. The SMILES string of the molecule is CCCCC/C=C\CCCCCC(CC(=O)NC(CO)C(O)CCCCCCCCCCCCCCCCCC)OC(=O)CCCCCCCCCCCC. The van der Waals surface area contributed by atoms with E-state index >= 15 is 0 Å². The number of nitrogens with one attached hydrogen (secondary N) is 1. The lowest BCUT2D eigenvalue weighted by molar-refractivity contribution is -0.151. The van der Waals surface area contributed by atoms with Crippen molar-refractivity contribution in [3.05, 3.63) is 12.2 Å². The van der Waals surface area contributed by atoms with Gasteiger partial charge in [0.05, 0.1) is 25.2 Å². The number of esters is 1. The average Bonchev–Trinajstić information content (AvgIpc) is 3.18. The highest BCUT2D eigenvalue weighted by Crippen LogP contribution is 2.18. The van der Waals surface area contributed by atoms with Crippen LogP contribution in [0.2, 0.25) is 0 Å². The third kappa shape index (κ3) is 39.2. The van der Waals surface area contributed by atoms with Gasteiger partial charge >= 0.3 is 5.97 Å². The van der Waals surface area contributed by atoms with Gasteiger partial charge in [-0.15, -0.1) is 0 Å². The molecule has 1 amide bonds. The molecule has 6 heteroatoms. The summed E-state index contributed by atoms with van der Waals surface area (Å²) in [4.78, 5) is 25.9. The molecule has 55 heavy (non-hydrogen) atoms. The second-order valence-electron chi connectivity index (χ2n) is 16.9. The summed E-state index contributed by atoms with van der Waals surface area (Å²) >= 11 is 0. The predicted molar refractivity (Wildman–Crippen MR) is 237 cm³/mol. The van der Waals surface area contributed by atoms with Gasteiger partial charge in [-0.3, -0.25) is 9.59 Å². The van der Waals surface area contributed by atoms with E-state index in [1.807, 2.05) is 0 Å². The van der Waals surface area contributed by atoms with E-state index in [0.29, 0.717) is 19.3 Å². The maximum absolute atomic E-state index is 13.1. The first-order valence-corrected chi connectivity index (χ1v) is 24.4. The Morgan fingerprint density at radius 3 is 1.33 bits per heavy atom. The molecule has 6 nitrogen and oxygen atoms in total. The second kappa shape index (κ2) is 43.7. The Hall–Kier alpha value is -1.40. The molecule has 0 aliphatic carbocycles. The molecule has 0 rings (SSSR count). The summed E-state index contributed by atoms with van der Waals surface area (Å²) in [5, 5.41) is 23.7. The second-order valence-corrected chi connectivity index (χ2v) is 16.9. The van der Waals surface area contributed by atoms with Crippen molar-refractivity contribution in [2.24, 2.45) is 0 Å². The highest BCUT2D eigenvalue weighted by Gasteiger charge is 2.24. The van der Waals surface area contributed by atoms with Crippen molar-refractivity contribution in [2.75, 3.05) is 6.61 Å². The molecule has 0 radical (unpaired) electrons. The van der Waals surface area contributed by atoms with Crippen molar-refractivity contribution in [2.45, 2.75) is 283 Å². The smallest absolute Gasteiger partial charge is 0.306 e. The predicted octanol–water partition coefficient (Wildman–Crippen LogP) is 14.2. The molecule has 0 spiro atoms. The summed E-state index contributed by atoms with van der Waals surface area (Å²) in [5.41, 5.74) is 0. The molecular weight excluding hydrogens is 683 g/mol. The molecule has 0 bridgehead atoms. The van der Waals surface area contributed by atoms with Crippen LogP contribution in [0.4, 0.5) is 0 Å². The molecule has 0 saturated carbocycles. The molecule has 0 aromatic heterocycles. The van der Waals surface area contributed by atoms with Gasteiger partial charge in [-0.1, -0.05) is 213 Å². The molecule has 0 heterocycles. The number of ether oxygens (including phenoxy) is 1. The minimum absolute atomic E-state index is 0.0728. The van der Waals surface area contributed by atoms with Crippen LogP contribution >= 0.6 is 0 Å². The number of amides is 1. The minimum atomic E-state index is -0.784. The van der Waals surface area contributed by atoms with Gasteiger partial charge in [0.1, 0.15) is 6.10 Å². The highest BCUT2D eigenvalue weighted by atomic mass is 16.5. The van der Waals surface area contributed by atoms with Gasteiger partial charge < -0.3 is 20.3 Å². The van der Waals surface area contributed by atoms with Crippen LogP contribution in [0.1, 0.15) is 265 Å². The molecule has 0 fully saturated rings. The molecule has 3 N–H and O–H groups in total. The fourth-order valence-electron chi connectivity index (χ4n) is 7.60. The van der Waals surface area contributed by atoms with E-state index < -0.39 is 18.2 Å². The van der Waals surface area contributed by atoms with E-state index in [9.17, 15) is 19.8 Å². The van der Waals surface area contributed by atoms with Gasteiger partial charge in [0.15, 0.2) is 0 Å². The van der Waals surface area contributed by atoms with Crippen LogP contribution in [0.3, 0.4) is 0 Å². The zero-order chi connectivity index (χ0) is 40.3. The van der Waals surface area contributed by atoms with Crippen LogP contribution in [-0.4, -0.2) is 46.9 Å². The standard InChI is InChI=1S/C49H95NO5/c1-4-7-10-13-16-19-22-23-24-25-26-27-29-32-35-38-41-47(52)46(44-51)50-48(53)43-45(40-37-34-31-28-20-17-14-11-8-5-2)55-49(54)42-39-36-33-30-21-18-15-12-9-6-3/h17,20,45-47,51-52H,4-16,18-19,21-44H2,1-3H3,(H,50,53)/b20-17-. The fourth-order valence-corrected chi connectivity index (χ4v) is 7.60. The van der Waals surface area contributed by atoms with E-state index in [0.717, 1.165) is 64.2 Å². The van der Waals surface area contributed by atoms with Gasteiger partial charge in [0.2, 0.25) is 5.91 Å². The van der Waals surface area contributed by atoms with E-state index in [4.69, 9.17) is 4.74 Å². The lowest BCUT2D eigenvalue weighted by Crippen LogP contribution is -2.46. The van der Waals surface area contributed by atoms with E-state index in [-0.39, 0.29) is 24.9 Å². The zero-order valence-electron chi connectivity index (χ0n) is 37.1. The quantitative estimate of drug-likeness (QED) is 0.0325. The maximum atomic E-state index is 13.1. The Balaban J connectivity index is 4.44. The number of unbranched alkanes of at least 4 members (excludes halogenated alkanes) is 30. The Morgan fingerprint density at radius 1 is 0.509 bits per heavy atom. The fraction of sp³-hybridized carbons (Fsp3) is 0.918. The topological polar surface area (TPSA) is 95.9 Å². The molecular formula is C49H95NO5. The number of aliphatic hydroxyl groups excluding tert-OH is 2. The number of hydrogen-bond acceptors (Lipinski definition) is 5. The number of aliphatic hydroxyl groups is 2. The Bertz CT molecular complexity index is 832. The number of hydrogen-bond donors (Lipinski definition) is 3. The Labute approximate surface area is 342 Å². The van der Waals surface area contributed by atoms with Crippen molar-refractivity contribution >= 4 is 11.9 Å². The highest BCUT2D eigenvalue weighted by molar-refractivity contribution is 5.77. The molecule has 3 atom stereocenters. The third-order valence-electron chi connectivity index (χ3n) is 11.3. The molecule has 326 valence electrons. The number of allylic oxidation sites excluding steroid dienone is 2. The first kappa shape index (κ1) is 53.6. The third-order valence-corrected chi connectivity index (χ3v) is 11.3. The largest absolute Gasteiger partial charge is 0.462 e. The lowest BCUT2D eigenvalue weighted by atomic mass is 10.0. The summed E-state index contributed by atoms with van der Waals surface area (Å²) in [6.07, 6.45) is 47.0. The van der Waals surface area contributed by atoms with Crippen LogP contribution in [0.25, 0.3) is 0 Å². The van der Waals surface area contributed by atoms with Crippen molar-refractivity contribution in [3.63, 3.8) is 0 Å². The monoisotopic (exact) mass is 778 g/mol. The lowest BCUT2D eigenvalue weighted by Gasteiger charge is -2.24. The van der Waals surface area contributed by atoms with Crippen molar-refractivity contribution < 1.29 is 24.5 Å². The van der Waals surface area contributed by atoms with Crippen molar-refractivity contribution in [1.29, 1.82) is 0 Å². The molecule has 0 aromatic carbocycles. The average molecular weight is 778 g/mol. The number of rotatable bonds is 44.